The average molecular weight is 264 g/mol. The Kier molecular flexibility index (Phi) is 2.93. The van der Waals surface area contributed by atoms with E-state index in [-0.39, 0.29) is 6.61 Å². The van der Waals surface area contributed by atoms with Gasteiger partial charge in [-0.2, -0.15) is 0 Å². The molecule has 5 nitrogen and oxygen atoms in total. The summed E-state index contributed by atoms with van der Waals surface area (Å²) in [5.74, 6) is 0. The summed E-state index contributed by atoms with van der Waals surface area (Å²) >= 11 is 0. The molecule has 3 aromatic rings. The average Bonchev–Trinajstić information content (AvgIpc) is 2.91. The molecular formula is C15H12N4O. The lowest BCUT2D eigenvalue weighted by Gasteiger charge is -2.08. The van der Waals surface area contributed by atoms with Crippen LogP contribution >= 0.6 is 0 Å². The first-order chi connectivity index (χ1) is 9.72. The molecule has 3 rings (SSSR count). The van der Waals surface area contributed by atoms with Gasteiger partial charge < -0.3 is 9.67 Å². The summed E-state index contributed by atoms with van der Waals surface area (Å²) in [7, 11) is 1.89. The fraction of sp³-hybridized carbons (Fsp3) is 0.133. The number of benzene rings is 1. The van der Waals surface area contributed by atoms with Crippen molar-refractivity contribution in [2.24, 2.45) is 7.05 Å². The monoisotopic (exact) mass is 264 g/mol. The highest BCUT2D eigenvalue weighted by Gasteiger charge is 2.10. The molecule has 0 radical (unpaired) electrons. The first-order valence-corrected chi connectivity index (χ1v) is 6.11. The first kappa shape index (κ1) is 12.3. The summed E-state index contributed by atoms with van der Waals surface area (Å²) in [6, 6.07) is 7.16. The van der Waals surface area contributed by atoms with E-state index in [2.05, 4.69) is 14.8 Å². The molecule has 5 heteroatoms. The van der Waals surface area contributed by atoms with Gasteiger partial charge in [-0.25, -0.2) is 14.8 Å². The molecular weight excluding hydrogens is 252 g/mol. The Morgan fingerprint density at radius 1 is 1.35 bits per heavy atom. The smallest absolute Gasteiger partial charge is 0.189 e. The maximum absolute atomic E-state index is 9.54. The second-order valence-corrected chi connectivity index (χ2v) is 4.53. The lowest BCUT2D eigenvalue weighted by molar-refractivity contribution is 0.283. The van der Waals surface area contributed by atoms with E-state index in [0.29, 0.717) is 11.2 Å². The van der Waals surface area contributed by atoms with E-state index in [0.717, 1.165) is 22.3 Å². The zero-order valence-electron chi connectivity index (χ0n) is 10.9. The molecule has 0 aliphatic carbocycles. The van der Waals surface area contributed by atoms with Crippen LogP contribution in [0.3, 0.4) is 0 Å². The van der Waals surface area contributed by atoms with Gasteiger partial charge in [0.2, 0.25) is 0 Å². The third-order valence-electron chi connectivity index (χ3n) is 3.26. The molecule has 0 aliphatic rings. The number of rotatable bonds is 2. The Hall–Kier alpha value is -2.71. The predicted octanol–water partition coefficient (Wildman–Crippen LogP) is 2.68. The first-order valence-electron chi connectivity index (χ1n) is 6.11. The normalized spacial score (nSPS) is 10.7. The van der Waals surface area contributed by atoms with E-state index in [1.807, 2.05) is 23.7 Å². The van der Waals surface area contributed by atoms with Crippen LogP contribution in [-0.2, 0) is 13.7 Å². The molecule has 0 saturated carbocycles. The molecule has 0 saturated heterocycles. The fourth-order valence-corrected chi connectivity index (χ4v) is 2.22. The van der Waals surface area contributed by atoms with Gasteiger partial charge in [0.15, 0.2) is 5.69 Å². The van der Waals surface area contributed by atoms with Crippen molar-refractivity contribution in [3.8, 4) is 11.4 Å². The minimum atomic E-state index is -0.0682. The lowest BCUT2D eigenvalue weighted by Crippen LogP contribution is -1.96. The number of aryl methyl sites for hydroxylation is 1. The maximum atomic E-state index is 9.54. The highest BCUT2D eigenvalue weighted by Crippen LogP contribution is 2.27. The fourth-order valence-electron chi connectivity index (χ4n) is 2.22. The summed E-state index contributed by atoms with van der Waals surface area (Å²) in [6.45, 7) is 7.01. The molecule has 2 aromatic heterocycles. The van der Waals surface area contributed by atoms with E-state index in [1.165, 1.54) is 0 Å². The lowest BCUT2D eigenvalue weighted by atomic mass is 10.1. The van der Waals surface area contributed by atoms with Gasteiger partial charge in [-0.3, -0.25) is 0 Å². The Morgan fingerprint density at radius 2 is 2.20 bits per heavy atom. The minimum absolute atomic E-state index is 0.0682. The molecule has 2 heterocycles. The highest BCUT2D eigenvalue weighted by molar-refractivity contribution is 5.87. The highest BCUT2D eigenvalue weighted by atomic mass is 16.3. The molecule has 0 amide bonds. The number of aliphatic hydroxyl groups is 1. The van der Waals surface area contributed by atoms with Crippen LogP contribution in [0.1, 0.15) is 5.56 Å². The van der Waals surface area contributed by atoms with Gasteiger partial charge in [-0.05, 0) is 17.7 Å². The van der Waals surface area contributed by atoms with Gasteiger partial charge >= 0.3 is 0 Å². The molecule has 0 bridgehead atoms. The predicted molar refractivity (Wildman–Crippen MR) is 76.1 cm³/mol. The van der Waals surface area contributed by atoms with Gasteiger partial charge in [-0.1, -0.05) is 12.1 Å². The molecule has 0 unspecified atom stereocenters. The van der Waals surface area contributed by atoms with E-state index in [1.54, 1.807) is 24.7 Å². The summed E-state index contributed by atoms with van der Waals surface area (Å²) in [5, 5.41) is 10.4. The molecule has 1 aromatic carbocycles. The zero-order valence-corrected chi connectivity index (χ0v) is 10.9. The Morgan fingerprint density at radius 3 is 2.85 bits per heavy atom. The van der Waals surface area contributed by atoms with Crippen molar-refractivity contribution in [2.45, 2.75) is 6.61 Å². The van der Waals surface area contributed by atoms with Gasteiger partial charge in [-0.15, -0.1) is 0 Å². The van der Waals surface area contributed by atoms with Crippen molar-refractivity contribution in [1.29, 1.82) is 0 Å². The second kappa shape index (κ2) is 4.76. The van der Waals surface area contributed by atoms with Crippen LogP contribution < -0.4 is 0 Å². The number of imidazole rings is 1. The summed E-state index contributed by atoms with van der Waals surface area (Å²) in [5.41, 5.74) is 3.65. The Balaban J connectivity index is 2.30. The summed E-state index contributed by atoms with van der Waals surface area (Å²) in [6.07, 6.45) is 3.43. The standard InChI is InChI=1S/C15H12N4O/c1-16-11-3-4-12-10(8-20)5-14(18-13(12)6-11)15-7-17-9-19(15)2/h3-7,9,20H,8H2,2H3. The quantitative estimate of drug-likeness (QED) is 0.724. The van der Waals surface area contributed by atoms with Crippen molar-refractivity contribution in [3.63, 3.8) is 0 Å². The van der Waals surface area contributed by atoms with Crippen LogP contribution in [0.5, 0.6) is 0 Å². The van der Waals surface area contributed by atoms with E-state index in [9.17, 15) is 5.11 Å². The summed E-state index contributed by atoms with van der Waals surface area (Å²) < 4.78 is 1.87. The van der Waals surface area contributed by atoms with Crippen LogP contribution in [0.25, 0.3) is 27.1 Å². The van der Waals surface area contributed by atoms with Crippen molar-refractivity contribution in [2.75, 3.05) is 0 Å². The Bertz CT molecular complexity index is 829. The third-order valence-corrected chi connectivity index (χ3v) is 3.26. The molecule has 20 heavy (non-hydrogen) atoms. The zero-order chi connectivity index (χ0) is 14.1. The number of aliphatic hydroxyl groups excluding tert-OH is 1. The Labute approximate surface area is 116 Å². The van der Waals surface area contributed by atoms with Crippen molar-refractivity contribution >= 4 is 16.6 Å². The van der Waals surface area contributed by atoms with Crippen LogP contribution in [-0.4, -0.2) is 19.6 Å². The van der Waals surface area contributed by atoms with Gasteiger partial charge in [0.25, 0.3) is 0 Å². The largest absolute Gasteiger partial charge is 0.392 e. The number of fused-ring (bicyclic) bond motifs is 1. The maximum Gasteiger partial charge on any atom is 0.189 e. The summed E-state index contributed by atoms with van der Waals surface area (Å²) in [4.78, 5) is 12.1. The number of hydrogen-bond acceptors (Lipinski definition) is 3. The second-order valence-electron chi connectivity index (χ2n) is 4.53. The molecule has 98 valence electrons. The van der Waals surface area contributed by atoms with Crippen molar-refractivity contribution in [1.82, 2.24) is 14.5 Å². The molecule has 0 fully saturated rings. The number of pyridine rings is 1. The molecule has 0 atom stereocenters. The molecule has 0 spiro atoms. The third kappa shape index (κ3) is 1.92. The van der Waals surface area contributed by atoms with Crippen molar-refractivity contribution in [3.05, 3.63) is 53.8 Å². The van der Waals surface area contributed by atoms with E-state index in [4.69, 9.17) is 6.57 Å². The van der Waals surface area contributed by atoms with Gasteiger partial charge in [0.1, 0.15) is 0 Å². The SMILES string of the molecule is [C-]#[N+]c1ccc2c(CO)cc(-c3cncn3C)nc2c1. The molecule has 0 aliphatic heterocycles. The number of hydrogen-bond donors (Lipinski definition) is 1. The molecule has 1 N–H and O–H groups in total. The van der Waals surface area contributed by atoms with Crippen molar-refractivity contribution < 1.29 is 5.11 Å². The van der Waals surface area contributed by atoms with Crippen LogP contribution in [0.15, 0.2) is 36.8 Å². The van der Waals surface area contributed by atoms with E-state index < -0.39 is 0 Å². The van der Waals surface area contributed by atoms with Crippen LogP contribution in [0, 0.1) is 6.57 Å². The number of aromatic nitrogens is 3. The van der Waals surface area contributed by atoms with Gasteiger partial charge in [0, 0.05) is 12.4 Å². The minimum Gasteiger partial charge on any atom is -0.392 e. The van der Waals surface area contributed by atoms with E-state index >= 15 is 0 Å². The number of nitrogens with zero attached hydrogens (tertiary/aromatic N) is 4. The van der Waals surface area contributed by atoms with Gasteiger partial charge in [0.05, 0.1) is 42.6 Å². The topological polar surface area (TPSA) is 55.3 Å². The van der Waals surface area contributed by atoms with Crippen LogP contribution in [0.4, 0.5) is 5.69 Å². The van der Waals surface area contributed by atoms with Crippen LogP contribution in [0.2, 0.25) is 0 Å².